The Hall–Kier alpha value is -1.34. The van der Waals surface area contributed by atoms with Crippen molar-refractivity contribution in [3.63, 3.8) is 0 Å². The van der Waals surface area contributed by atoms with Crippen LogP contribution in [0.15, 0.2) is 30.3 Å². The molecule has 0 radical (unpaired) electrons. The van der Waals surface area contributed by atoms with Crippen molar-refractivity contribution < 1.29 is 5.11 Å². The van der Waals surface area contributed by atoms with Crippen molar-refractivity contribution in [2.75, 3.05) is 0 Å². The third kappa shape index (κ3) is 1.64. The van der Waals surface area contributed by atoms with Gasteiger partial charge in [0.05, 0.1) is 6.61 Å². The van der Waals surface area contributed by atoms with Crippen LogP contribution in [0.5, 0.6) is 0 Å². The van der Waals surface area contributed by atoms with E-state index in [2.05, 4.69) is 38.1 Å². The van der Waals surface area contributed by atoms with Crippen LogP contribution < -0.4 is 0 Å². The van der Waals surface area contributed by atoms with Gasteiger partial charge in [-0.05, 0) is 40.8 Å². The number of rotatable bonds is 2. The van der Waals surface area contributed by atoms with Crippen LogP contribution in [0.1, 0.15) is 23.6 Å². The molecule has 0 saturated heterocycles. The maximum absolute atomic E-state index is 9.20. The largest absolute Gasteiger partial charge is 0.392 e. The lowest BCUT2D eigenvalue weighted by Gasteiger charge is -2.10. The van der Waals surface area contributed by atoms with Crippen molar-refractivity contribution in [2.24, 2.45) is 0 Å². The molecule has 2 rings (SSSR count). The van der Waals surface area contributed by atoms with E-state index in [4.69, 9.17) is 0 Å². The van der Waals surface area contributed by atoms with E-state index < -0.39 is 0 Å². The zero-order valence-electron chi connectivity index (χ0n) is 9.25. The summed E-state index contributed by atoms with van der Waals surface area (Å²) in [5.41, 5.74) is 3.60. The lowest BCUT2D eigenvalue weighted by molar-refractivity contribution is 0.281. The van der Waals surface area contributed by atoms with E-state index in [1.807, 2.05) is 6.07 Å². The molecule has 0 fully saturated rings. The third-order valence-corrected chi connectivity index (χ3v) is 3.08. The van der Waals surface area contributed by atoms with Gasteiger partial charge >= 0.3 is 0 Å². The first-order valence-corrected chi connectivity index (χ1v) is 5.39. The molecule has 0 bridgehead atoms. The summed E-state index contributed by atoms with van der Waals surface area (Å²) < 4.78 is 0. The molecule has 0 unspecified atom stereocenters. The number of benzene rings is 2. The first-order valence-electron chi connectivity index (χ1n) is 5.39. The summed E-state index contributed by atoms with van der Waals surface area (Å²) in [7, 11) is 0. The summed E-state index contributed by atoms with van der Waals surface area (Å²) in [5, 5.41) is 11.8. The smallest absolute Gasteiger partial charge is 0.0684 e. The highest BCUT2D eigenvalue weighted by Gasteiger charge is 2.04. The van der Waals surface area contributed by atoms with Crippen molar-refractivity contribution in [2.45, 2.75) is 26.9 Å². The van der Waals surface area contributed by atoms with Crippen molar-refractivity contribution in [1.29, 1.82) is 0 Å². The average molecular weight is 200 g/mol. The molecule has 0 aliphatic rings. The molecule has 1 N–H and O–H groups in total. The predicted molar refractivity (Wildman–Crippen MR) is 64.0 cm³/mol. The van der Waals surface area contributed by atoms with E-state index in [0.29, 0.717) is 0 Å². The van der Waals surface area contributed by atoms with E-state index in [-0.39, 0.29) is 6.61 Å². The fourth-order valence-corrected chi connectivity index (χ4v) is 2.10. The summed E-state index contributed by atoms with van der Waals surface area (Å²) >= 11 is 0. The maximum atomic E-state index is 9.20. The Kier molecular flexibility index (Phi) is 2.74. The standard InChI is InChI=1S/C14H16O/c1-3-11-5-4-6-13-10(2)12(9-15)7-8-14(11)13/h4-8,15H,3,9H2,1-2H3. The van der Waals surface area contributed by atoms with Gasteiger partial charge in [-0.15, -0.1) is 0 Å². The van der Waals surface area contributed by atoms with Gasteiger partial charge in [0.2, 0.25) is 0 Å². The molecule has 2 aromatic rings. The van der Waals surface area contributed by atoms with Crippen LogP contribution in [0.25, 0.3) is 10.8 Å². The minimum atomic E-state index is 0.123. The molecule has 0 heterocycles. The molecule has 0 saturated carbocycles. The van der Waals surface area contributed by atoms with Crippen molar-refractivity contribution in [3.05, 3.63) is 47.0 Å². The fourth-order valence-electron chi connectivity index (χ4n) is 2.10. The number of aliphatic hydroxyl groups excluding tert-OH is 1. The van der Waals surface area contributed by atoms with E-state index in [9.17, 15) is 5.11 Å². The van der Waals surface area contributed by atoms with Crippen LogP contribution >= 0.6 is 0 Å². The lowest BCUT2D eigenvalue weighted by atomic mass is 9.96. The fraction of sp³-hybridized carbons (Fsp3) is 0.286. The number of hydrogen-bond donors (Lipinski definition) is 1. The number of hydrogen-bond acceptors (Lipinski definition) is 1. The summed E-state index contributed by atoms with van der Waals surface area (Å²) in [4.78, 5) is 0. The van der Waals surface area contributed by atoms with Crippen molar-refractivity contribution in [3.8, 4) is 0 Å². The second-order valence-corrected chi connectivity index (χ2v) is 3.87. The molecule has 0 spiro atoms. The Bertz CT molecular complexity index is 486. The first-order chi connectivity index (χ1) is 7.27. The normalized spacial score (nSPS) is 10.9. The molecule has 0 aliphatic heterocycles. The van der Waals surface area contributed by atoms with Gasteiger partial charge in [0.25, 0.3) is 0 Å². The zero-order valence-corrected chi connectivity index (χ0v) is 9.25. The molecule has 0 atom stereocenters. The van der Waals surface area contributed by atoms with Gasteiger partial charge in [0, 0.05) is 0 Å². The minimum absolute atomic E-state index is 0.123. The van der Waals surface area contributed by atoms with Crippen molar-refractivity contribution in [1.82, 2.24) is 0 Å². The Balaban J connectivity index is 2.78. The van der Waals surface area contributed by atoms with Crippen LogP contribution in [0.4, 0.5) is 0 Å². The zero-order chi connectivity index (χ0) is 10.8. The molecule has 1 nitrogen and oxygen atoms in total. The van der Waals surface area contributed by atoms with Crippen LogP contribution in [0, 0.1) is 6.92 Å². The topological polar surface area (TPSA) is 20.2 Å². The molecule has 1 heteroatoms. The summed E-state index contributed by atoms with van der Waals surface area (Å²) in [6, 6.07) is 10.5. The van der Waals surface area contributed by atoms with Crippen LogP contribution in [-0.2, 0) is 13.0 Å². The van der Waals surface area contributed by atoms with Gasteiger partial charge in [-0.3, -0.25) is 0 Å². The molecule has 15 heavy (non-hydrogen) atoms. The van der Waals surface area contributed by atoms with E-state index >= 15 is 0 Å². The highest BCUT2D eigenvalue weighted by molar-refractivity contribution is 5.89. The van der Waals surface area contributed by atoms with Gasteiger partial charge in [0.1, 0.15) is 0 Å². The van der Waals surface area contributed by atoms with Crippen molar-refractivity contribution >= 4 is 10.8 Å². The highest BCUT2D eigenvalue weighted by Crippen LogP contribution is 2.25. The Morgan fingerprint density at radius 2 is 1.80 bits per heavy atom. The number of fused-ring (bicyclic) bond motifs is 1. The summed E-state index contributed by atoms with van der Waals surface area (Å²) in [6.07, 6.45) is 1.05. The molecular weight excluding hydrogens is 184 g/mol. The van der Waals surface area contributed by atoms with Gasteiger partial charge < -0.3 is 5.11 Å². The second-order valence-electron chi connectivity index (χ2n) is 3.87. The highest BCUT2D eigenvalue weighted by atomic mass is 16.3. The molecule has 0 aromatic heterocycles. The minimum Gasteiger partial charge on any atom is -0.392 e. The summed E-state index contributed by atoms with van der Waals surface area (Å²) in [5.74, 6) is 0. The van der Waals surface area contributed by atoms with Gasteiger partial charge in [-0.2, -0.15) is 0 Å². The Morgan fingerprint density at radius 3 is 2.47 bits per heavy atom. The first kappa shape index (κ1) is 10.2. The SMILES string of the molecule is CCc1cccc2c(C)c(CO)ccc12. The van der Waals surface area contributed by atoms with Crippen LogP contribution in [0.2, 0.25) is 0 Å². The van der Waals surface area contributed by atoms with E-state index in [1.165, 1.54) is 21.9 Å². The Morgan fingerprint density at radius 1 is 1.00 bits per heavy atom. The monoisotopic (exact) mass is 200 g/mol. The lowest BCUT2D eigenvalue weighted by Crippen LogP contribution is -1.92. The molecular formula is C14H16O. The molecule has 78 valence electrons. The Labute approximate surface area is 90.4 Å². The van der Waals surface area contributed by atoms with E-state index in [0.717, 1.165) is 12.0 Å². The van der Waals surface area contributed by atoms with Gasteiger partial charge in [-0.1, -0.05) is 37.3 Å². The molecule has 2 aromatic carbocycles. The second kappa shape index (κ2) is 4.03. The van der Waals surface area contributed by atoms with Crippen LogP contribution in [-0.4, -0.2) is 5.11 Å². The molecule has 0 amide bonds. The van der Waals surface area contributed by atoms with Gasteiger partial charge in [-0.25, -0.2) is 0 Å². The third-order valence-electron chi connectivity index (χ3n) is 3.08. The maximum Gasteiger partial charge on any atom is 0.0684 e. The predicted octanol–water partition coefficient (Wildman–Crippen LogP) is 3.20. The molecule has 0 aliphatic carbocycles. The van der Waals surface area contributed by atoms with E-state index in [1.54, 1.807) is 0 Å². The average Bonchev–Trinajstić information content (AvgIpc) is 2.29. The van der Waals surface area contributed by atoms with Gasteiger partial charge in [0.15, 0.2) is 0 Å². The van der Waals surface area contributed by atoms with Crippen LogP contribution in [0.3, 0.4) is 0 Å². The number of aliphatic hydroxyl groups is 1. The number of aryl methyl sites for hydroxylation is 2. The summed E-state index contributed by atoms with van der Waals surface area (Å²) in [6.45, 7) is 4.37. The quantitative estimate of drug-likeness (QED) is 0.789.